The number of hydrogen-bond acceptors (Lipinski definition) is 0. The van der Waals surface area contributed by atoms with Gasteiger partial charge in [-0.2, -0.15) is 0 Å². The standard InChI is InChI=1S/C9H9.BF3.K/c1-2-4-8(5-3-1)9-6-7-9;2-1(3)4;/h1-6,9H,7H2;;/t9-;;/m1../s1. The molecule has 0 aromatic heterocycles. The Balaban J connectivity index is 0.000000213. The Labute approximate surface area is 116 Å². The first-order chi connectivity index (χ1) is 6.61. The van der Waals surface area contributed by atoms with Crippen LogP contribution in [0.5, 0.6) is 0 Å². The van der Waals surface area contributed by atoms with Gasteiger partial charge in [0, 0.05) is 0 Å². The zero-order valence-electron chi connectivity index (χ0n) is 7.96. The van der Waals surface area contributed by atoms with Gasteiger partial charge in [-0.3, -0.25) is 12.9 Å². The monoisotopic (exact) mass is 224 g/mol. The summed E-state index contributed by atoms with van der Waals surface area (Å²) in [6, 6.07) is 10.9. The molecule has 5 heteroatoms. The van der Waals surface area contributed by atoms with Crippen molar-refractivity contribution in [1.82, 2.24) is 0 Å². The van der Waals surface area contributed by atoms with Gasteiger partial charge < -0.3 is 0 Å². The van der Waals surface area contributed by atoms with Crippen LogP contribution in [0.2, 0.25) is 0.0125 Å². The number of hydrogen-bond donors (Lipinski definition) is 0. The maximum absolute atomic E-state index is 9.67. The van der Waals surface area contributed by atoms with E-state index in [1.165, 1.54) is 6.42 Å². The van der Waals surface area contributed by atoms with Crippen LogP contribution < -0.4 is 0 Å². The first-order valence-corrected chi connectivity index (χ1v) is 6.38. The van der Waals surface area contributed by atoms with Crippen LogP contribution in [0.4, 0.5) is 12.9 Å². The Morgan fingerprint density at radius 3 is 1.93 bits per heavy atom. The molecule has 1 aliphatic carbocycles. The number of rotatable bonds is 1. The Bertz CT molecular complexity index is 265. The molecule has 0 heterocycles. The van der Waals surface area contributed by atoms with E-state index in [2.05, 4.69) is 30.3 Å². The fourth-order valence-electron chi connectivity index (χ4n) is 1.49. The molecule has 2 rings (SSSR count). The van der Waals surface area contributed by atoms with E-state index in [4.69, 9.17) is 0 Å². The van der Waals surface area contributed by atoms with E-state index in [0.717, 1.165) is 54.9 Å². The van der Waals surface area contributed by atoms with Crippen molar-refractivity contribution in [3.05, 3.63) is 35.9 Å². The summed E-state index contributed by atoms with van der Waals surface area (Å²) in [7, 11) is -3.67. The summed E-state index contributed by atoms with van der Waals surface area (Å²) in [5.41, 5.74) is 1.57. The second-order valence-corrected chi connectivity index (χ2v) is 5.79. The number of benzene rings is 1. The van der Waals surface area contributed by atoms with Crippen LogP contribution in [0.3, 0.4) is 0 Å². The molecule has 0 bridgehead atoms. The van der Waals surface area contributed by atoms with Crippen LogP contribution in [-0.4, -0.2) is 56.5 Å². The Hall–Kier alpha value is 0.711. The van der Waals surface area contributed by atoms with Crippen molar-refractivity contribution in [3.63, 3.8) is 0 Å². The molecule has 0 N–H and O–H groups in total. The molecule has 1 saturated carbocycles. The van der Waals surface area contributed by atoms with Gasteiger partial charge in [-0.1, -0.05) is 0 Å². The molecule has 1 aliphatic rings. The molecule has 0 nitrogen and oxygen atoms in total. The van der Waals surface area contributed by atoms with Gasteiger partial charge in [0.05, 0.1) is 0 Å². The van der Waals surface area contributed by atoms with Crippen LogP contribution in [0.1, 0.15) is 17.9 Å². The first-order valence-electron chi connectivity index (χ1n) is 4.58. The van der Waals surface area contributed by atoms with Crippen LogP contribution in [-0.2, 0) is 0 Å². The van der Waals surface area contributed by atoms with Crippen LogP contribution >= 0.6 is 0 Å². The molecule has 0 aliphatic heterocycles. The minimum atomic E-state index is -3.67. The summed E-state index contributed by atoms with van der Waals surface area (Å²) in [6.07, 6.45) is 1.48. The van der Waals surface area contributed by atoms with Crippen molar-refractivity contribution in [1.29, 1.82) is 0 Å². The van der Waals surface area contributed by atoms with Gasteiger partial charge in [-0.25, -0.2) is 0 Å². The third-order valence-electron chi connectivity index (χ3n) is 2.34. The van der Waals surface area contributed by atoms with Crippen molar-refractivity contribution in [2.45, 2.75) is 12.4 Å². The normalized spacial score (nSPS) is 23.5. The van der Waals surface area contributed by atoms with E-state index >= 15 is 0 Å². The zero-order valence-corrected chi connectivity index (χ0v) is 11.1. The van der Waals surface area contributed by atoms with Crippen molar-refractivity contribution in [2.75, 3.05) is 0 Å². The topological polar surface area (TPSA) is 0 Å². The Morgan fingerprint density at radius 1 is 1.14 bits per heavy atom. The van der Waals surface area contributed by atoms with Crippen LogP contribution in [0.25, 0.3) is 0 Å². The molecular weight excluding hydrogens is 215 g/mol. The van der Waals surface area contributed by atoms with Crippen molar-refractivity contribution in [3.8, 4) is 0 Å². The molecule has 2 atom stereocenters. The quantitative estimate of drug-likeness (QED) is 0.643. The summed E-state index contributed by atoms with van der Waals surface area (Å²) >= 11 is 1.05. The molecule has 0 radical (unpaired) electrons. The summed E-state index contributed by atoms with van der Waals surface area (Å²) in [4.78, 5) is 0. The van der Waals surface area contributed by atoms with Crippen molar-refractivity contribution < 1.29 is 12.9 Å². The molecule has 0 amide bonds. The van der Waals surface area contributed by atoms with Crippen LogP contribution in [0.15, 0.2) is 30.3 Å². The third-order valence-corrected chi connectivity index (χ3v) is 4.33. The predicted octanol–water partition coefficient (Wildman–Crippen LogP) is 3.01. The van der Waals surface area contributed by atoms with Gasteiger partial charge in [0.1, 0.15) is 0 Å². The van der Waals surface area contributed by atoms with Gasteiger partial charge in [0.15, 0.2) is 0 Å². The summed E-state index contributed by atoms with van der Waals surface area (Å²) < 4.78 is 30.1. The maximum atomic E-state index is 9.67. The Kier molecular flexibility index (Phi) is 5.78. The zero-order chi connectivity index (χ0) is 10.6. The van der Waals surface area contributed by atoms with E-state index < -0.39 is 7.54 Å². The van der Waals surface area contributed by atoms with E-state index in [1.54, 1.807) is 5.56 Å². The van der Waals surface area contributed by atoms with Gasteiger partial charge in [0.2, 0.25) is 0 Å². The molecule has 14 heavy (non-hydrogen) atoms. The molecular formula is C9H9BF3K. The average Bonchev–Trinajstić information content (AvgIpc) is 2.83. The van der Waals surface area contributed by atoms with E-state index in [-0.39, 0.29) is 0 Å². The molecule has 70 valence electrons. The van der Waals surface area contributed by atoms with E-state index in [0.29, 0.717) is 0 Å². The molecule has 1 aromatic rings. The SMILES string of the molecule is FB(F)F.[K][C@@H]1C[C@@H]1c1ccccc1. The van der Waals surface area contributed by atoms with Crippen molar-refractivity contribution in [2.24, 2.45) is 0 Å². The molecule has 1 fully saturated rings. The fraction of sp³-hybridized carbons (Fsp3) is 0.333. The van der Waals surface area contributed by atoms with E-state index in [1.807, 2.05) is 0 Å². The summed E-state index contributed by atoms with van der Waals surface area (Å²) in [6.45, 7) is 0. The fourth-order valence-corrected chi connectivity index (χ4v) is 2.88. The Morgan fingerprint density at radius 2 is 1.57 bits per heavy atom. The van der Waals surface area contributed by atoms with Gasteiger partial charge >= 0.3 is 105 Å². The minimum absolute atomic E-state index is 0.959. The van der Waals surface area contributed by atoms with Gasteiger partial charge in [0.25, 0.3) is 0 Å². The molecule has 1 aromatic carbocycles. The average molecular weight is 224 g/mol. The van der Waals surface area contributed by atoms with E-state index in [9.17, 15) is 12.9 Å². The number of halogens is 3. The second-order valence-electron chi connectivity index (χ2n) is 3.48. The third kappa shape index (κ3) is 4.98. The predicted molar refractivity (Wildman–Crippen MR) is 52.4 cm³/mol. The van der Waals surface area contributed by atoms with Gasteiger partial charge in [-0.05, 0) is 0 Å². The molecule has 0 saturated heterocycles. The van der Waals surface area contributed by atoms with Crippen molar-refractivity contribution >= 4 is 56.5 Å². The first kappa shape index (κ1) is 12.8. The molecule has 0 unspecified atom stereocenters. The molecule has 0 spiro atoms. The van der Waals surface area contributed by atoms with Crippen LogP contribution in [0, 0.1) is 0 Å². The second kappa shape index (κ2) is 6.33. The van der Waals surface area contributed by atoms with Gasteiger partial charge in [-0.15, -0.1) is 0 Å². The summed E-state index contributed by atoms with van der Waals surface area (Å²) in [5, 5.41) is 0. The summed E-state index contributed by atoms with van der Waals surface area (Å²) in [5.74, 6) is 0.959.